The maximum absolute atomic E-state index is 12.1. The number of rotatable bonds is 3. The molecule has 0 aliphatic rings. The van der Waals surface area contributed by atoms with Crippen LogP contribution in [0.4, 0.5) is 0 Å². The summed E-state index contributed by atoms with van der Waals surface area (Å²) >= 11 is 3.94. The molecule has 0 aliphatic carbocycles. The number of thiophene rings is 2. The monoisotopic (exact) mass is 324 g/mol. The van der Waals surface area contributed by atoms with Crippen LogP contribution in [0.15, 0.2) is 31.7 Å². The van der Waals surface area contributed by atoms with Crippen molar-refractivity contribution in [3.8, 4) is 0 Å². The summed E-state index contributed by atoms with van der Waals surface area (Å²) in [5.41, 5.74) is 0.175. The molecule has 0 unspecified atom stereocenters. The SMILES string of the molecule is Cc1c(C(=O)O)sc2nc(Sc3cccs3)[nH]c(=O)c12. The molecule has 0 radical (unpaired) electrons. The zero-order valence-corrected chi connectivity index (χ0v) is 12.6. The Bertz CT molecular complexity index is 849. The van der Waals surface area contributed by atoms with Gasteiger partial charge in [-0.3, -0.25) is 4.79 Å². The smallest absolute Gasteiger partial charge is 0.346 e. The first kappa shape index (κ1) is 13.3. The van der Waals surface area contributed by atoms with Crippen LogP contribution < -0.4 is 5.56 Å². The largest absolute Gasteiger partial charge is 0.477 e. The van der Waals surface area contributed by atoms with E-state index in [-0.39, 0.29) is 10.4 Å². The number of aryl methyl sites for hydroxylation is 1. The first-order chi connectivity index (χ1) is 9.56. The number of hydrogen-bond donors (Lipinski definition) is 2. The third-order valence-electron chi connectivity index (χ3n) is 2.67. The summed E-state index contributed by atoms with van der Waals surface area (Å²) in [5.74, 6) is -1.03. The molecule has 0 aromatic carbocycles. The van der Waals surface area contributed by atoms with Crippen LogP contribution in [0, 0.1) is 6.92 Å². The maximum Gasteiger partial charge on any atom is 0.346 e. The third-order valence-corrected chi connectivity index (χ3v) is 5.76. The molecule has 20 heavy (non-hydrogen) atoms. The highest BCUT2D eigenvalue weighted by atomic mass is 32.2. The van der Waals surface area contributed by atoms with Crippen LogP contribution in [-0.2, 0) is 0 Å². The van der Waals surface area contributed by atoms with Gasteiger partial charge in [0.15, 0.2) is 5.16 Å². The average molecular weight is 324 g/mol. The number of carboxylic acids is 1. The molecule has 3 rings (SSSR count). The van der Waals surface area contributed by atoms with E-state index in [0.29, 0.717) is 20.9 Å². The summed E-state index contributed by atoms with van der Waals surface area (Å²) in [5, 5.41) is 11.9. The minimum atomic E-state index is -1.03. The van der Waals surface area contributed by atoms with Crippen LogP contribution in [-0.4, -0.2) is 21.0 Å². The second-order valence-electron chi connectivity index (χ2n) is 3.95. The Balaban J connectivity index is 2.14. The van der Waals surface area contributed by atoms with Gasteiger partial charge in [-0.2, -0.15) is 0 Å². The second-order valence-corrected chi connectivity index (χ2v) is 7.18. The van der Waals surface area contributed by atoms with E-state index >= 15 is 0 Å². The number of fused-ring (bicyclic) bond motifs is 1. The zero-order valence-electron chi connectivity index (χ0n) is 10.2. The van der Waals surface area contributed by atoms with E-state index in [0.717, 1.165) is 15.5 Å². The summed E-state index contributed by atoms with van der Waals surface area (Å²) in [6, 6.07) is 3.85. The molecule has 102 valence electrons. The lowest BCUT2D eigenvalue weighted by atomic mass is 10.2. The first-order valence-electron chi connectivity index (χ1n) is 5.54. The highest BCUT2D eigenvalue weighted by Gasteiger charge is 2.18. The normalized spacial score (nSPS) is 11.1. The molecule has 3 aromatic heterocycles. The van der Waals surface area contributed by atoms with Crippen LogP contribution in [0.3, 0.4) is 0 Å². The van der Waals surface area contributed by atoms with Gasteiger partial charge in [-0.05, 0) is 35.7 Å². The molecule has 0 fully saturated rings. The van der Waals surface area contributed by atoms with Crippen molar-refractivity contribution in [3.05, 3.63) is 38.3 Å². The van der Waals surface area contributed by atoms with Crippen molar-refractivity contribution in [3.63, 3.8) is 0 Å². The molecular weight excluding hydrogens is 316 g/mol. The molecule has 8 heteroatoms. The average Bonchev–Trinajstić information content (AvgIpc) is 2.97. The molecule has 3 aromatic rings. The summed E-state index contributed by atoms with van der Waals surface area (Å²) in [6.45, 7) is 1.63. The number of nitrogens with zero attached hydrogens (tertiary/aromatic N) is 1. The number of carboxylic acid groups (broad SMARTS) is 1. The van der Waals surface area contributed by atoms with Gasteiger partial charge in [-0.15, -0.1) is 22.7 Å². The predicted molar refractivity (Wildman–Crippen MR) is 80.4 cm³/mol. The fourth-order valence-electron chi connectivity index (χ4n) is 1.79. The predicted octanol–water partition coefficient (Wildman–Crippen LogP) is 3.20. The molecule has 0 saturated carbocycles. The standard InChI is InChI=1S/C12H8N2O3S3/c1-5-7-9(15)13-12(19-6-3-2-4-18-6)14-10(7)20-8(5)11(16)17/h2-4H,1H3,(H,16,17)(H,13,14,15). The van der Waals surface area contributed by atoms with E-state index in [9.17, 15) is 9.59 Å². The quantitative estimate of drug-likeness (QED) is 0.723. The lowest BCUT2D eigenvalue weighted by Crippen LogP contribution is -2.08. The molecule has 3 heterocycles. The summed E-state index contributed by atoms with van der Waals surface area (Å²) in [6.07, 6.45) is 0. The third kappa shape index (κ3) is 2.26. The molecule has 2 N–H and O–H groups in total. The van der Waals surface area contributed by atoms with Crippen LogP contribution in [0.5, 0.6) is 0 Å². The summed E-state index contributed by atoms with van der Waals surface area (Å²) < 4.78 is 1.01. The Morgan fingerprint density at radius 2 is 2.30 bits per heavy atom. The van der Waals surface area contributed by atoms with Crippen molar-refractivity contribution in [1.82, 2.24) is 9.97 Å². The van der Waals surface area contributed by atoms with Crippen LogP contribution in [0.1, 0.15) is 15.2 Å². The molecule has 0 saturated heterocycles. The van der Waals surface area contributed by atoms with E-state index in [1.165, 1.54) is 11.8 Å². The Hall–Kier alpha value is -1.64. The van der Waals surface area contributed by atoms with Gasteiger partial charge in [-0.1, -0.05) is 6.07 Å². The van der Waals surface area contributed by atoms with E-state index in [1.54, 1.807) is 18.3 Å². The van der Waals surface area contributed by atoms with Gasteiger partial charge < -0.3 is 10.1 Å². The number of H-pyrrole nitrogens is 1. The minimum Gasteiger partial charge on any atom is -0.477 e. The van der Waals surface area contributed by atoms with Gasteiger partial charge in [0.2, 0.25) is 0 Å². The minimum absolute atomic E-state index is 0.163. The Labute approximate surface area is 125 Å². The molecule has 5 nitrogen and oxygen atoms in total. The Morgan fingerprint density at radius 1 is 1.50 bits per heavy atom. The lowest BCUT2D eigenvalue weighted by molar-refractivity contribution is 0.0701. The fraction of sp³-hybridized carbons (Fsp3) is 0.0833. The van der Waals surface area contributed by atoms with Gasteiger partial charge in [0, 0.05) is 0 Å². The second kappa shape index (κ2) is 5.04. The van der Waals surface area contributed by atoms with Gasteiger partial charge in [0.25, 0.3) is 5.56 Å². The maximum atomic E-state index is 12.1. The van der Waals surface area contributed by atoms with Crippen molar-refractivity contribution < 1.29 is 9.90 Å². The molecule has 0 atom stereocenters. The number of aromatic nitrogens is 2. The summed E-state index contributed by atoms with van der Waals surface area (Å²) in [7, 11) is 0. The molecule has 0 bridgehead atoms. The number of nitrogens with one attached hydrogen (secondary N) is 1. The molecule has 0 amide bonds. The van der Waals surface area contributed by atoms with E-state index in [4.69, 9.17) is 5.11 Å². The van der Waals surface area contributed by atoms with Gasteiger partial charge in [-0.25, -0.2) is 9.78 Å². The first-order valence-corrected chi connectivity index (χ1v) is 8.05. The zero-order chi connectivity index (χ0) is 14.3. The van der Waals surface area contributed by atoms with Crippen LogP contribution in [0.25, 0.3) is 10.2 Å². The van der Waals surface area contributed by atoms with Crippen LogP contribution >= 0.6 is 34.4 Å². The van der Waals surface area contributed by atoms with E-state index in [2.05, 4.69) is 9.97 Å². The number of hydrogen-bond acceptors (Lipinski definition) is 6. The van der Waals surface area contributed by atoms with Crippen molar-refractivity contribution in [2.75, 3.05) is 0 Å². The molecule has 0 aliphatic heterocycles. The van der Waals surface area contributed by atoms with Gasteiger partial charge >= 0.3 is 5.97 Å². The number of aromatic carboxylic acids is 1. The lowest BCUT2D eigenvalue weighted by Gasteiger charge is -1.98. The van der Waals surface area contributed by atoms with Gasteiger partial charge in [0.1, 0.15) is 9.71 Å². The molecular formula is C12H8N2O3S3. The highest BCUT2D eigenvalue weighted by Crippen LogP contribution is 2.31. The van der Waals surface area contributed by atoms with E-state index in [1.807, 2.05) is 17.5 Å². The topological polar surface area (TPSA) is 83.0 Å². The van der Waals surface area contributed by atoms with Crippen molar-refractivity contribution in [2.45, 2.75) is 16.3 Å². The van der Waals surface area contributed by atoms with Crippen LogP contribution in [0.2, 0.25) is 0 Å². The number of carbonyl (C=O) groups is 1. The van der Waals surface area contributed by atoms with Crippen molar-refractivity contribution >= 4 is 50.6 Å². The highest BCUT2D eigenvalue weighted by molar-refractivity contribution is 8.01. The van der Waals surface area contributed by atoms with Gasteiger partial charge in [0.05, 0.1) is 9.60 Å². The Morgan fingerprint density at radius 3 is 2.95 bits per heavy atom. The van der Waals surface area contributed by atoms with E-state index < -0.39 is 5.97 Å². The molecule has 0 spiro atoms. The van der Waals surface area contributed by atoms with Crippen molar-refractivity contribution in [2.24, 2.45) is 0 Å². The van der Waals surface area contributed by atoms with Crippen molar-refractivity contribution in [1.29, 1.82) is 0 Å². The Kier molecular flexibility index (Phi) is 3.36. The summed E-state index contributed by atoms with van der Waals surface area (Å²) in [4.78, 5) is 30.9. The fourth-order valence-corrected chi connectivity index (χ4v) is 4.53. The number of aromatic amines is 1.